The molecule has 0 aliphatic carbocycles. The molecule has 0 heterocycles. The van der Waals surface area contributed by atoms with Gasteiger partial charge >= 0.3 is 0 Å². The molecule has 0 aliphatic heterocycles. The van der Waals surface area contributed by atoms with Gasteiger partial charge in [-0.3, -0.25) is 0 Å². The zero-order valence-corrected chi connectivity index (χ0v) is 5.93. The summed E-state index contributed by atoms with van der Waals surface area (Å²) in [5, 5.41) is 19.2. The smallest absolute Gasteiger partial charge is 0.138 e. The van der Waals surface area contributed by atoms with Gasteiger partial charge in [-0.05, 0) is 23.9 Å². The highest BCUT2D eigenvalue weighted by Gasteiger charge is 1.96. The van der Waals surface area contributed by atoms with Crippen LogP contribution < -0.4 is 0 Å². The zero-order chi connectivity index (χ0) is 7.40. The minimum atomic E-state index is 0.161. The number of rotatable bonds is 1. The van der Waals surface area contributed by atoms with E-state index in [0.29, 0.717) is 4.90 Å². The van der Waals surface area contributed by atoms with Gasteiger partial charge in [0.2, 0.25) is 0 Å². The molecule has 1 rings (SSSR count). The molecule has 0 bridgehead atoms. The molecule has 3 heteroatoms. The Labute approximate surface area is 63.1 Å². The standard InChI is InChI=1S/C7H5NOS/c8-5-10-7-4-2-1-3-6(7)9/h1-4,9H. The lowest BCUT2D eigenvalue weighted by Gasteiger charge is -1.94. The summed E-state index contributed by atoms with van der Waals surface area (Å²) in [7, 11) is 0. The Morgan fingerprint density at radius 2 is 2.10 bits per heavy atom. The van der Waals surface area contributed by atoms with Gasteiger partial charge in [-0.1, -0.05) is 12.1 Å². The van der Waals surface area contributed by atoms with Crippen molar-refractivity contribution in [3.8, 4) is 11.2 Å². The van der Waals surface area contributed by atoms with Crippen LogP contribution >= 0.6 is 11.8 Å². The molecule has 2 nitrogen and oxygen atoms in total. The molecule has 1 aromatic rings. The van der Waals surface area contributed by atoms with Crippen LogP contribution in [0.4, 0.5) is 0 Å². The molecule has 0 amide bonds. The zero-order valence-electron chi connectivity index (χ0n) is 5.11. The summed E-state index contributed by atoms with van der Waals surface area (Å²) in [6.07, 6.45) is 0. The van der Waals surface area contributed by atoms with Crippen molar-refractivity contribution in [2.45, 2.75) is 4.90 Å². The number of hydrogen-bond acceptors (Lipinski definition) is 3. The normalized spacial score (nSPS) is 8.70. The molecule has 10 heavy (non-hydrogen) atoms. The molecule has 0 atom stereocenters. The molecule has 0 saturated heterocycles. The fourth-order valence-corrected chi connectivity index (χ4v) is 1.01. The lowest BCUT2D eigenvalue weighted by molar-refractivity contribution is 0.462. The number of phenolic OH excluding ortho intramolecular Hbond substituents is 1. The van der Waals surface area contributed by atoms with Gasteiger partial charge in [0, 0.05) is 0 Å². The third-order valence-electron chi connectivity index (χ3n) is 1.02. The van der Waals surface area contributed by atoms with Crippen LogP contribution in [0.2, 0.25) is 0 Å². The van der Waals surface area contributed by atoms with Crippen molar-refractivity contribution < 1.29 is 5.11 Å². The predicted octanol–water partition coefficient (Wildman–Crippen LogP) is 1.97. The van der Waals surface area contributed by atoms with Crippen LogP contribution in [0.15, 0.2) is 29.2 Å². The summed E-state index contributed by atoms with van der Waals surface area (Å²) in [5.74, 6) is 0.161. The summed E-state index contributed by atoms with van der Waals surface area (Å²) in [4.78, 5) is 0.602. The lowest BCUT2D eigenvalue weighted by Crippen LogP contribution is -1.68. The lowest BCUT2D eigenvalue weighted by atomic mass is 10.3. The number of phenols is 1. The first-order valence-corrected chi connectivity index (χ1v) is 3.50. The van der Waals surface area contributed by atoms with E-state index >= 15 is 0 Å². The Morgan fingerprint density at radius 3 is 2.70 bits per heavy atom. The maximum atomic E-state index is 9.07. The molecule has 50 valence electrons. The molecule has 0 radical (unpaired) electrons. The molecule has 0 aromatic heterocycles. The van der Waals surface area contributed by atoms with Crippen molar-refractivity contribution in [2.24, 2.45) is 0 Å². The van der Waals surface area contributed by atoms with E-state index in [9.17, 15) is 0 Å². The first-order chi connectivity index (χ1) is 4.84. The van der Waals surface area contributed by atoms with Crippen LogP contribution in [0.3, 0.4) is 0 Å². The number of nitrogens with zero attached hydrogens (tertiary/aromatic N) is 1. The van der Waals surface area contributed by atoms with Crippen LogP contribution in [-0.4, -0.2) is 5.11 Å². The van der Waals surface area contributed by atoms with Crippen molar-refractivity contribution in [2.75, 3.05) is 0 Å². The number of para-hydroxylation sites is 1. The number of benzene rings is 1. The van der Waals surface area contributed by atoms with E-state index in [2.05, 4.69) is 0 Å². The molecule has 0 unspecified atom stereocenters. The van der Waals surface area contributed by atoms with Crippen molar-refractivity contribution in [1.82, 2.24) is 0 Å². The van der Waals surface area contributed by atoms with Crippen LogP contribution in [0.5, 0.6) is 5.75 Å². The number of nitriles is 1. The van der Waals surface area contributed by atoms with E-state index in [4.69, 9.17) is 10.4 Å². The summed E-state index contributed by atoms with van der Waals surface area (Å²) in [6, 6.07) is 6.75. The van der Waals surface area contributed by atoms with Gasteiger partial charge in [-0.15, -0.1) is 0 Å². The highest BCUT2D eigenvalue weighted by Crippen LogP contribution is 2.26. The maximum Gasteiger partial charge on any atom is 0.138 e. The fraction of sp³-hybridized carbons (Fsp3) is 0. The second-order valence-electron chi connectivity index (χ2n) is 1.66. The summed E-state index contributed by atoms with van der Waals surface area (Å²) < 4.78 is 0. The first-order valence-electron chi connectivity index (χ1n) is 2.68. The van der Waals surface area contributed by atoms with Crippen LogP contribution in [-0.2, 0) is 0 Å². The third-order valence-corrected chi connectivity index (χ3v) is 1.68. The fourth-order valence-electron chi connectivity index (χ4n) is 0.593. The Hall–Kier alpha value is -1.14. The van der Waals surface area contributed by atoms with Gasteiger partial charge in [-0.25, -0.2) is 0 Å². The largest absolute Gasteiger partial charge is 0.507 e. The molecular weight excluding hydrogens is 146 g/mol. The Kier molecular flexibility index (Phi) is 2.19. The van der Waals surface area contributed by atoms with E-state index in [0.717, 1.165) is 11.8 Å². The van der Waals surface area contributed by atoms with E-state index < -0.39 is 0 Å². The Bertz CT molecular complexity index is 267. The maximum absolute atomic E-state index is 9.07. The third kappa shape index (κ3) is 1.42. The topological polar surface area (TPSA) is 44.0 Å². The summed E-state index contributed by atoms with van der Waals surface area (Å²) in [6.45, 7) is 0. The molecular formula is C7H5NOS. The second-order valence-corrected chi connectivity index (χ2v) is 2.49. The van der Waals surface area contributed by atoms with E-state index in [1.54, 1.807) is 24.3 Å². The van der Waals surface area contributed by atoms with Crippen LogP contribution in [0.25, 0.3) is 0 Å². The van der Waals surface area contributed by atoms with Crippen molar-refractivity contribution in [3.05, 3.63) is 24.3 Å². The minimum absolute atomic E-state index is 0.161. The van der Waals surface area contributed by atoms with Gasteiger partial charge < -0.3 is 5.11 Å². The minimum Gasteiger partial charge on any atom is -0.507 e. The van der Waals surface area contributed by atoms with Crippen LogP contribution in [0, 0.1) is 10.7 Å². The Balaban J connectivity index is 2.94. The van der Waals surface area contributed by atoms with Gasteiger partial charge in [0.1, 0.15) is 11.2 Å². The van der Waals surface area contributed by atoms with Gasteiger partial charge in [0.25, 0.3) is 0 Å². The van der Waals surface area contributed by atoms with E-state index in [-0.39, 0.29) is 5.75 Å². The van der Waals surface area contributed by atoms with Crippen molar-refractivity contribution in [3.63, 3.8) is 0 Å². The molecule has 1 aromatic carbocycles. The molecule has 0 fully saturated rings. The number of hydrogen-bond donors (Lipinski definition) is 1. The highest BCUT2D eigenvalue weighted by atomic mass is 32.2. The molecule has 0 saturated carbocycles. The summed E-state index contributed by atoms with van der Waals surface area (Å²) >= 11 is 0.957. The molecule has 0 aliphatic rings. The number of thioether (sulfide) groups is 1. The van der Waals surface area contributed by atoms with Gasteiger partial charge in [-0.2, -0.15) is 5.26 Å². The second kappa shape index (κ2) is 3.14. The highest BCUT2D eigenvalue weighted by molar-refractivity contribution is 8.03. The average molecular weight is 151 g/mol. The predicted molar refractivity (Wildman–Crippen MR) is 39.6 cm³/mol. The van der Waals surface area contributed by atoms with E-state index in [1.165, 1.54) is 0 Å². The SMILES string of the molecule is N#CSc1ccccc1O. The Morgan fingerprint density at radius 1 is 1.40 bits per heavy atom. The van der Waals surface area contributed by atoms with Crippen molar-refractivity contribution >= 4 is 11.8 Å². The van der Waals surface area contributed by atoms with Crippen LogP contribution in [0.1, 0.15) is 0 Å². The molecule has 1 N–H and O–H groups in total. The molecule has 0 spiro atoms. The van der Waals surface area contributed by atoms with E-state index in [1.807, 2.05) is 5.40 Å². The van der Waals surface area contributed by atoms with Gasteiger partial charge in [0.05, 0.1) is 4.90 Å². The quantitative estimate of drug-likeness (QED) is 0.493. The monoisotopic (exact) mass is 151 g/mol. The number of thiocyanates is 1. The van der Waals surface area contributed by atoms with Crippen molar-refractivity contribution in [1.29, 1.82) is 5.26 Å². The number of aromatic hydroxyl groups is 1. The average Bonchev–Trinajstić information content (AvgIpc) is 1.94. The van der Waals surface area contributed by atoms with Gasteiger partial charge in [0.15, 0.2) is 0 Å². The first kappa shape index (κ1) is 6.97. The summed E-state index contributed by atoms with van der Waals surface area (Å²) in [5.41, 5.74) is 0.